The Morgan fingerprint density at radius 3 is 2.29 bits per heavy atom. The Morgan fingerprint density at radius 1 is 0.971 bits per heavy atom. The topological polar surface area (TPSA) is 119 Å². The van der Waals surface area contributed by atoms with E-state index in [9.17, 15) is 22.8 Å². The van der Waals surface area contributed by atoms with E-state index in [4.69, 9.17) is 16.2 Å². The number of para-hydroxylation sites is 2. The maximum absolute atomic E-state index is 13.7. The first kappa shape index (κ1) is 24.1. The third kappa shape index (κ3) is 5.90. The van der Waals surface area contributed by atoms with Gasteiger partial charge in [-0.3, -0.25) is 10.1 Å². The lowest BCUT2D eigenvalue weighted by Crippen LogP contribution is -2.19. The molecule has 0 heterocycles. The highest BCUT2D eigenvalue weighted by Crippen LogP contribution is 2.39. The third-order valence-electron chi connectivity index (χ3n) is 5.65. The van der Waals surface area contributed by atoms with Crippen LogP contribution in [0.1, 0.15) is 39.4 Å². The van der Waals surface area contributed by atoms with Gasteiger partial charge in [-0.15, -0.1) is 0 Å². The summed E-state index contributed by atoms with van der Waals surface area (Å²) < 4.78 is 46.1. The van der Waals surface area contributed by atoms with Crippen molar-refractivity contribution in [2.75, 3.05) is 16.4 Å². The zero-order chi connectivity index (χ0) is 25.2. The number of carbonyl (C=O) groups excluding carboxylic acids is 2. The fourth-order valence-corrected chi connectivity index (χ4v) is 3.59. The summed E-state index contributed by atoms with van der Waals surface area (Å²) in [4.78, 5) is 24.7. The van der Waals surface area contributed by atoms with E-state index in [1.54, 1.807) is 30.3 Å². The molecular formula is C25H23F3N4O3. The van der Waals surface area contributed by atoms with E-state index in [1.165, 1.54) is 12.1 Å². The van der Waals surface area contributed by atoms with E-state index in [1.807, 2.05) is 12.1 Å². The van der Waals surface area contributed by atoms with Crippen LogP contribution in [0.4, 0.5) is 35.0 Å². The minimum absolute atomic E-state index is 0.122. The molecule has 1 unspecified atom stereocenters. The molecule has 1 aliphatic carbocycles. The molecule has 0 bridgehead atoms. The highest BCUT2D eigenvalue weighted by Gasteiger charge is 2.35. The predicted octanol–water partition coefficient (Wildman–Crippen LogP) is 5.10. The first-order valence-electron chi connectivity index (χ1n) is 10.8. The molecule has 2 atom stereocenters. The molecule has 3 aromatic rings. The van der Waals surface area contributed by atoms with Crippen LogP contribution in [0.5, 0.6) is 0 Å². The lowest BCUT2D eigenvalue weighted by molar-refractivity contribution is -0.136. The number of nitrogens with one attached hydrogen (secondary N) is 2. The number of nitrogen functional groups attached to an aromatic ring is 1. The standard InChI is InChI=1S/C25H23F3N4O3/c26-25(27,28)18-11-16(23(33)31-22-4-2-1-3-19(22)29)9-10-21(18)32-24(34)35-13-14-5-7-15(8-6-14)17-12-20(17)30/h1-11,17,20H,12-13,29-30H2,(H,31,33)(H,32,34)/t17?,20-/m0/s1. The molecule has 35 heavy (non-hydrogen) atoms. The van der Waals surface area contributed by atoms with Gasteiger partial charge < -0.3 is 21.5 Å². The lowest BCUT2D eigenvalue weighted by atomic mass is 10.1. The summed E-state index contributed by atoms with van der Waals surface area (Å²) in [5.74, 6) is -0.442. The van der Waals surface area contributed by atoms with Gasteiger partial charge in [-0.1, -0.05) is 36.4 Å². The number of halogens is 3. The van der Waals surface area contributed by atoms with Crippen molar-refractivity contribution in [2.45, 2.75) is 31.2 Å². The van der Waals surface area contributed by atoms with Crippen molar-refractivity contribution in [1.82, 2.24) is 0 Å². The quantitative estimate of drug-likeness (QED) is 0.363. The normalized spacial score (nSPS) is 16.9. The Labute approximate surface area is 199 Å². The summed E-state index contributed by atoms with van der Waals surface area (Å²) in [6.45, 7) is -0.122. The third-order valence-corrected chi connectivity index (χ3v) is 5.65. The maximum atomic E-state index is 13.7. The first-order chi connectivity index (χ1) is 16.6. The average Bonchev–Trinajstić information content (AvgIpc) is 3.55. The second-order valence-corrected chi connectivity index (χ2v) is 8.25. The van der Waals surface area contributed by atoms with Crippen molar-refractivity contribution < 1.29 is 27.5 Å². The molecule has 3 aromatic carbocycles. The number of benzene rings is 3. The van der Waals surface area contributed by atoms with Crippen molar-refractivity contribution in [1.29, 1.82) is 0 Å². The van der Waals surface area contributed by atoms with Crippen LogP contribution in [0.2, 0.25) is 0 Å². The number of nitrogens with two attached hydrogens (primary N) is 2. The van der Waals surface area contributed by atoms with Gasteiger partial charge in [0.25, 0.3) is 5.91 Å². The molecule has 0 aliphatic heterocycles. The van der Waals surface area contributed by atoms with Gasteiger partial charge in [-0.2, -0.15) is 13.2 Å². The molecule has 10 heteroatoms. The number of alkyl halides is 3. The van der Waals surface area contributed by atoms with Crippen LogP contribution >= 0.6 is 0 Å². The van der Waals surface area contributed by atoms with Crippen molar-refractivity contribution in [3.05, 3.63) is 89.0 Å². The minimum atomic E-state index is -4.83. The fourth-order valence-electron chi connectivity index (χ4n) is 3.59. The van der Waals surface area contributed by atoms with Crippen LogP contribution in [0, 0.1) is 0 Å². The van der Waals surface area contributed by atoms with E-state index >= 15 is 0 Å². The minimum Gasteiger partial charge on any atom is -0.444 e. The number of hydrogen-bond donors (Lipinski definition) is 4. The summed E-state index contributed by atoms with van der Waals surface area (Å²) in [5.41, 5.74) is 11.9. The SMILES string of the molecule is Nc1ccccc1NC(=O)c1ccc(NC(=O)OCc2ccc(C3C[C@@H]3N)cc2)c(C(F)(F)F)c1. The van der Waals surface area contributed by atoms with Crippen molar-refractivity contribution in [3.8, 4) is 0 Å². The highest BCUT2D eigenvalue weighted by molar-refractivity contribution is 6.06. The van der Waals surface area contributed by atoms with E-state index in [2.05, 4.69) is 10.6 Å². The average molecular weight is 484 g/mol. The monoisotopic (exact) mass is 484 g/mol. The summed E-state index contributed by atoms with van der Waals surface area (Å²) in [7, 11) is 0. The Kier molecular flexibility index (Phi) is 6.65. The van der Waals surface area contributed by atoms with Gasteiger partial charge in [0.2, 0.25) is 0 Å². The van der Waals surface area contributed by atoms with Crippen LogP contribution in [0.15, 0.2) is 66.7 Å². The second kappa shape index (κ2) is 9.67. The van der Waals surface area contributed by atoms with E-state index in [0.29, 0.717) is 17.5 Å². The van der Waals surface area contributed by atoms with E-state index in [-0.39, 0.29) is 29.6 Å². The van der Waals surface area contributed by atoms with Gasteiger partial charge >= 0.3 is 12.3 Å². The summed E-state index contributed by atoms with van der Waals surface area (Å²) in [6.07, 6.45) is -4.96. The lowest BCUT2D eigenvalue weighted by Gasteiger charge is -2.16. The smallest absolute Gasteiger partial charge is 0.418 e. The van der Waals surface area contributed by atoms with Gasteiger partial charge in [0.1, 0.15) is 6.61 Å². The molecule has 1 saturated carbocycles. The van der Waals surface area contributed by atoms with Crippen molar-refractivity contribution >= 4 is 29.1 Å². The molecule has 4 rings (SSSR count). The second-order valence-electron chi connectivity index (χ2n) is 8.25. The fraction of sp³-hybridized carbons (Fsp3) is 0.200. The summed E-state index contributed by atoms with van der Waals surface area (Å²) in [5, 5.41) is 4.58. The van der Waals surface area contributed by atoms with E-state index in [0.717, 1.165) is 18.1 Å². The van der Waals surface area contributed by atoms with Gasteiger partial charge in [0.15, 0.2) is 0 Å². The highest BCUT2D eigenvalue weighted by atomic mass is 19.4. The van der Waals surface area contributed by atoms with Crippen LogP contribution in [0.3, 0.4) is 0 Å². The number of anilines is 3. The zero-order valence-electron chi connectivity index (χ0n) is 18.4. The van der Waals surface area contributed by atoms with Crippen LogP contribution in [-0.4, -0.2) is 18.0 Å². The van der Waals surface area contributed by atoms with Crippen molar-refractivity contribution in [2.24, 2.45) is 5.73 Å². The molecule has 0 aromatic heterocycles. The Balaban J connectivity index is 1.42. The molecule has 0 saturated heterocycles. The van der Waals surface area contributed by atoms with Gasteiger partial charge in [0.05, 0.1) is 22.6 Å². The number of amides is 2. The predicted molar refractivity (Wildman–Crippen MR) is 126 cm³/mol. The Bertz CT molecular complexity index is 1250. The Hall–Kier alpha value is -4.05. The van der Waals surface area contributed by atoms with Gasteiger partial charge in [0, 0.05) is 17.5 Å². The number of carbonyl (C=O) groups is 2. The summed E-state index contributed by atoms with van der Waals surface area (Å²) >= 11 is 0. The largest absolute Gasteiger partial charge is 0.444 e. The Morgan fingerprint density at radius 2 is 1.66 bits per heavy atom. The molecule has 1 fully saturated rings. The molecule has 1 aliphatic rings. The summed E-state index contributed by atoms with van der Waals surface area (Å²) in [6, 6.07) is 16.7. The molecule has 0 radical (unpaired) electrons. The van der Waals surface area contributed by atoms with Crippen LogP contribution in [0.25, 0.3) is 0 Å². The number of ether oxygens (including phenoxy) is 1. The van der Waals surface area contributed by atoms with Crippen molar-refractivity contribution in [3.63, 3.8) is 0 Å². The number of rotatable bonds is 6. The zero-order valence-corrected chi connectivity index (χ0v) is 18.4. The first-order valence-corrected chi connectivity index (χ1v) is 10.8. The number of hydrogen-bond acceptors (Lipinski definition) is 5. The van der Waals surface area contributed by atoms with Crippen LogP contribution < -0.4 is 22.1 Å². The molecule has 0 spiro atoms. The molecule has 6 N–H and O–H groups in total. The van der Waals surface area contributed by atoms with Gasteiger partial charge in [-0.05, 0) is 47.9 Å². The molecule has 182 valence electrons. The molecular weight excluding hydrogens is 461 g/mol. The van der Waals surface area contributed by atoms with Gasteiger partial charge in [-0.25, -0.2) is 4.79 Å². The van der Waals surface area contributed by atoms with Crippen LogP contribution in [-0.2, 0) is 17.5 Å². The molecule has 2 amide bonds. The van der Waals surface area contributed by atoms with E-state index < -0.39 is 29.4 Å². The molecule has 7 nitrogen and oxygen atoms in total. The maximum Gasteiger partial charge on any atom is 0.418 e.